The van der Waals surface area contributed by atoms with Gasteiger partial charge < -0.3 is 0 Å². The molecule has 13 heavy (non-hydrogen) atoms. The smallest absolute Gasteiger partial charge is 0.0458 e. The lowest BCUT2D eigenvalue weighted by Crippen LogP contribution is -2.13. The van der Waals surface area contributed by atoms with Crippen molar-refractivity contribution in [1.82, 2.24) is 0 Å². The topological polar surface area (TPSA) is 12.4 Å². The van der Waals surface area contributed by atoms with Crippen LogP contribution in [0.5, 0.6) is 0 Å². The van der Waals surface area contributed by atoms with Gasteiger partial charge in [0.2, 0.25) is 0 Å². The highest BCUT2D eigenvalue weighted by Gasteiger charge is 2.16. The van der Waals surface area contributed by atoms with Gasteiger partial charge in [-0.2, -0.15) is 0 Å². The lowest BCUT2D eigenvalue weighted by atomic mass is 9.90. The van der Waals surface area contributed by atoms with Gasteiger partial charge in [-0.15, -0.1) is 0 Å². The molecular weight excluding hydrogens is 158 g/mol. The predicted molar refractivity (Wildman–Crippen MR) is 56.7 cm³/mol. The number of aliphatic imine (C=N–C) groups is 1. The number of aryl methyl sites for hydroxylation is 1. The molecule has 0 aromatic heterocycles. The summed E-state index contributed by atoms with van der Waals surface area (Å²) in [5.74, 6) is 0.583. The summed E-state index contributed by atoms with van der Waals surface area (Å²) in [4.78, 5) is 4.51. The van der Waals surface area contributed by atoms with Crippen molar-refractivity contribution in [2.24, 2.45) is 4.99 Å². The highest BCUT2D eigenvalue weighted by molar-refractivity contribution is 6.01. The van der Waals surface area contributed by atoms with E-state index in [0.29, 0.717) is 5.92 Å². The van der Waals surface area contributed by atoms with Crippen LogP contribution in [0.15, 0.2) is 23.2 Å². The molecule has 0 spiro atoms. The second kappa shape index (κ2) is 2.99. The minimum absolute atomic E-state index is 0.583. The summed E-state index contributed by atoms with van der Waals surface area (Å²) in [6.45, 7) is 7.42. The lowest BCUT2D eigenvalue weighted by molar-refractivity contribution is 0.759. The molecule has 0 saturated heterocycles. The minimum Gasteiger partial charge on any atom is -0.289 e. The van der Waals surface area contributed by atoms with E-state index in [1.807, 2.05) is 0 Å². The van der Waals surface area contributed by atoms with Gasteiger partial charge in [-0.1, -0.05) is 24.6 Å². The number of hydrogen-bond acceptors (Lipinski definition) is 1. The summed E-state index contributed by atoms with van der Waals surface area (Å²) < 4.78 is 0. The number of hydrogen-bond donors (Lipinski definition) is 0. The average molecular weight is 173 g/mol. The molecule has 0 bridgehead atoms. The summed E-state index contributed by atoms with van der Waals surface area (Å²) in [7, 11) is 0. The zero-order chi connectivity index (χ0) is 9.42. The van der Waals surface area contributed by atoms with Crippen LogP contribution in [0.2, 0.25) is 0 Å². The van der Waals surface area contributed by atoms with Crippen LogP contribution in [0.25, 0.3) is 0 Å². The van der Waals surface area contributed by atoms with Crippen molar-refractivity contribution >= 4 is 5.71 Å². The van der Waals surface area contributed by atoms with Gasteiger partial charge in [0.1, 0.15) is 0 Å². The molecule has 1 nitrogen and oxygen atoms in total. The maximum Gasteiger partial charge on any atom is 0.0458 e. The van der Waals surface area contributed by atoms with Crippen molar-refractivity contribution in [3.05, 3.63) is 34.9 Å². The van der Waals surface area contributed by atoms with Gasteiger partial charge in [0.15, 0.2) is 0 Å². The van der Waals surface area contributed by atoms with Gasteiger partial charge in [-0.3, -0.25) is 4.99 Å². The van der Waals surface area contributed by atoms with Gasteiger partial charge in [0.25, 0.3) is 0 Å². The summed E-state index contributed by atoms with van der Waals surface area (Å²) in [5.41, 5.74) is 5.32. The summed E-state index contributed by atoms with van der Waals surface area (Å²) in [6, 6.07) is 6.67. The number of rotatable bonds is 0. The third-order valence-corrected chi connectivity index (χ3v) is 2.73. The first-order valence-electron chi connectivity index (χ1n) is 4.80. The van der Waals surface area contributed by atoms with Crippen LogP contribution in [0.4, 0.5) is 0 Å². The van der Waals surface area contributed by atoms with Gasteiger partial charge in [0.05, 0.1) is 0 Å². The summed E-state index contributed by atoms with van der Waals surface area (Å²) in [5, 5.41) is 0. The molecule has 1 unspecified atom stereocenters. The molecule has 1 aromatic rings. The van der Waals surface area contributed by atoms with Crippen molar-refractivity contribution < 1.29 is 0 Å². The Morgan fingerprint density at radius 2 is 2.08 bits per heavy atom. The van der Waals surface area contributed by atoms with E-state index < -0.39 is 0 Å². The minimum atomic E-state index is 0.583. The van der Waals surface area contributed by atoms with E-state index in [1.165, 1.54) is 22.4 Å². The Kier molecular flexibility index (Phi) is 1.95. The molecule has 0 amide bonds. The highest BCUT2D eigenvalue weighted by atomic mass is 14.8. The zero-order valence-corrected chi connectivity index (χ0v) is 8.46. The van der Waals surface area contributed by atoms with E-state index in [4.69, 9.17) is 0 Å². The Balaban J connectivity index is 2.60. The molecule has 0 radical (unpaired) electrons. The van der Waals surface area contributed by atoms with Gasteiger partial charge in [0, 0.05) is 18.2 Å². The first-order chi connectivity index (χ1) is 6.18. The SMILES string of the molecule is CC1=NCC(C)c2ccc(C)cc21. The maximum atomic E-state index is 4.51. The first-order valence-corrected chi connectivity index (χ1v) is 4.80. The Hall–Kier alpha value is -1.11. The third-order valence-electron chi connectivity index (χ3n) is 2.73. The molecule has 68 valence electrons. The van der Waals surface area contributed by atoms with Gasteiger partial charge >= 0.3 is 0 Å². The van der Waals surface area contributed by atoms with Crippen LogP contribution in [0.3, 0.4) is 0 Å². The van der Waals surface area contributed by atoms with E-state index in [1.54, 1.807) is 0 Å². The normalized spacial score (nSPS) is 20.8. The monoisotopic (exact) mass is 173 g/mol. The van der Waals surface area contributed by atoms with E-state index in [0.717, 1.165) is 6.54 Å². The number of fused-ring (bicyclic) bond motifs is 1. The second-order valence-corrected chi connectivity index (χ2v) is 3.92. The fourth-order valence-electron chi connectivity index (χ4n) is 1.87. The number of benzene rings is 1. The van der Waals surface area contributed by atoms with Crippen molar-refractivity contribution in [2.45, 2.75) is 26.7 Å². The van der Waals surface area contributed by atoms with E-state index >= 15 is 0 Å². The molecule has 0 aliphatic carbocycles. The van der Waals surface area contributed by atoms with Crippen molar-refractivity contribution in [3.63, 3.8) is 0 Å². The molecule has 0 saturated carbocycles. The van der Waals surface area contributed by atoms with E-state index in [9.17, 15) is 0 Å². The molecule has 1 heterocycles. The summed E-state index contributed by atoms with van der Waals surface area (Å²) in [6.07, 6.45) is 0. The molecule has 1 aliphatic rings. The second-order valence-electron chi connectivity index (χ2n) is 3.92. The predicted octanol–water partition coefficient (Wildman–Crippen LogP) is 2.92. The average Bonchev–Trinajstić information content (AvgIpc) is 2.12. The fraction of sp³-hybridized carbons (Fsp3) is 0.417. The van der Waals surface area contributed by atoms with Gasteiger partial charge in [-0.05, 0) is 31.0 Å². The quantitative estimate of drug-likeness (QED) is 0.572. The molecule has 0 N–H and O–H groups in total. The summed E-state index contributed by atoms with van der Waals surface area (Å²) >= 11 is 0. The van der Waals surface area contributed by atoms with Crippen LogP contribution in [-0.2, 0) is 0 Å². The molecule has 1 heteroatoms. The Labute approximate surface area is 79.5 Å². The van der Waals surface area contributed by atoms with Crippen LogP contribution in [-0.4, -0.2) is 12.3 Å². The largest absolute Gasteiger partial charge is 0.289 e. The molecular formula is C12H15N. The molecule has 1 aliphatic heterocycles. The van der Waals surface area contributed by atoms with E-state index in [-0.39, 0.29) is 0 Å². The van der Waals surface area contributed by atoms with Crippen LogP contribution >= 0.6 is 0 Å². The lowest BCUT2D eigenvalue weighted by Gasteiger charge is -2.20. The molecule has 2 rings (SSSR count). The molecule has 0 fully saturated rings. The van der Waals surface area contributed by atoms with Crippen LogP contribution in [0, 0.1) is 6.92 Å². The molecule has 1 atom stereocenters. The Bertz CT molecular complexity index is 363. The Morgan fingerprint density at radius 3 is 2.85 bits per heavy atom. The van der Waals surface area contributed by atoms with Crippen LogP contribution < -0.4 is 0 Å². The number of nitrogens with zero attached hydrogens (tertiary/aromatic N) is 1. The first kappa shape index (κ1) is 8.49. The van der Waals surface area contributed by atoms with Gasteiger partial charge in [-0.25, -0.2) is 0 Å². The van der Waals surface area contributed by atoms with E-state index in [2.05, 4.69) is 44.0 Å². The van der Waals surface area contributed by atoms with Crippen LogP contribution in [0.1, 0.15) is 36.5 Å². The standard InChI is InChI=1S/C12H15N/c1-8-4-5-11-9(2)7-13-10(3)12(11)6-8/h4-6,9H,7H2,1-3H3. The fourth-order valence-corrected chi connectivity index (χ4v) is 1.87. The highest BCUT2D eigenvalue weighted by Crippen LogP contribution is 2.26. The Morgan fingerprint density at radius 1 is 1.31 bits per heavy atom. The third kappa shape index (κ3) is 1.39. The zero-order valence-electron chi connectivity index (χ0n) is 8.46. The van der Waals surface area contributed by atoms with Crippen molar-refractivity contribution in [2.75, 3.05) is 6.54 Å². The molecule has 1 aromatic carbocycles. The van der Waals surface area contributed by atoms with Crippen molar-refractivity contribution in [3.8, 4) is 0 Å². The van der Waals surface area contributed by atoms with Crippen molar-refractivity contribution in [1.29, 1.82) is 0 Å². The maximum absolute atomic E-state index is 4.51.